The molecule has 0 radical (unpaired) electrons. The zero-order valence-electron chi connectivity index (χ0n) is 17.8. The second-order valence-corrected chi connectivity index (χ2v) is 7.98. The fourth-order valence-corrected chi connectivity index (χ4v) is 3.56. The maximum absolute atomic E-state index is 14.9. The lowest BCUT2D eigenvalue weighted by Gasteiger charge is -2.16. The molecule has 1 aromatic carbocycles. The van der Waals surface area contributed by atoms with Crippen LogP contribution in [0.4, 0.5) is 4.39 Å². The first-order chi connectivity index (χ1) is 15.4. The molecule has 33 heavy (non-hydrogen) atoms. The van der Waals surface area contributed by atoms with E-state index in [4.69, 9.17) is 20.6 Å². The lowest BCUT2D eigenvalue weighted by Crippen LogP contribution is -2.32. The second-order valence-electron chi connectivity index (χ2n) is 7.98. The highest BCUT2D eigenvalue weighted by molar-refractivity contribution is 5.94. The van der Waals surface area contributed by atoms with Gasteiger partial charge in [0.25, 0.3) is 0 Å². The van der Waals surface area contributed by atoms with Crippen LogP contribution < -0.4 is 10.5 Å². The summed E-state index contributed by atoms with van der Waals surface area (Å²) in [6.07, 6.45) is 5.11. The van der Waals surface area contributed by atoms with Crippen LogP contribution in [-0.4, -0.2) is 51.8 Å². The van der Waals surface area contributed by atoms with Crippen LogP contribution in [0.25, 0.3) is 11.1 Å². The van der Waals surface area contributed by atoms with Crippen LogP contribution >= 0.6 is 12.4 Å². The molecule has 176 valence electrons. The van der Waals surface area contributed by atoms with Crippen molar-refractivity contribution in [1.82, 2.24) is 14.9 Å². The number of nitrogens with one attached hydrogen (secondary N) is 1. The molecule has 1 saturated carbocycles. The SMILES string of the molecule is Cl.N=C(N)CC(=O)OCc1cccc(-c2cnc(OC3CCN(C(=O)C4CC4)C3)nc2)c1F. The molecule has 2 aliphatic rings. The van der Waals surface area contributed by atoms with Crippen LogP contribution in [0.15, 0.2) is 30.6 Å². The number of rotatable bonds is 8. The van der Waals surface area contributed by atoms with Gasteiger partial charge in [-0.25, -0.2) is 14.4 Å². The van der Waals surface area contributed by atoms with Crippen LogP contribution in [0.2, 0.25) is 0 Å². The fourth-order valence-electron chi connectivity index (χ4n) is 3.56. The molecule has 2 fully saturated rings. The smallest absolute Gasteiger partial charge is 0.316 e. The topological polar surface area (TPSA) is 131 Å². The Labute approximate surface area is 196 Å². The van der Waals surface area contributed by atoms with E-state index in [-0.39, 0.29) is 66.3 Å². The van der Waals surface area contributed by atoms with E-state index in [1.807, 2.05) is 4.90 Å². The standard InChI is InChI=1S/C22H24FN5O4.ClH/c23-20-14(12-31-19(29)8-18(24)25)2-1-3-17(20)15-9-26-22(27-10-15)32-16-6-7-28(11-16)21(30)13-4-5-13;/h1-3,9-10,13,16H,4-8,11-12H2,(H3,24,25);1H. The first-order valence-corrected chi connectivity index (χ1v) is 10.4. The van der Waals surface area contributed by atoms with Gasteiger partial charge in [0.15, 0.2) is 0 Å². The third kappa shape index (κ3) is 6.16. The Morgan fingerprint density at radius 1 is 1.21 bits per heavy atom. The number of esters is 1. The number of nitrogens with two attached hydrogens (primary N) is 1. The van der Waals surface area contributed by atoms with Crippen molar-refractivity contribution < 1.29 is 23.5 Å². The molecular formula is C22H25ClFN5O4. The monoisotopic (exact) mass is 477 g/mol. The van der Waals surface area contributed by atoms with Crippen LogP contribution in [0.3, 0.4) is 0 Å². The van der Waals surface area contributed by atoms with Gasteiger partial charge in [-0.2, -0.15) is 0 Å². The zero-order chi connectivity index (χ0) is 22.7. The third-order valence-corrected chi connectivity index (χ3v) is 5.40. The molecule has 2 heterocycles. The Bertz CT molecular complexity index is 1030. The van der Waals surface area contributed by atoms with Gasteiger partial charge in [0.1, 0.15) is 30.8 Å². The van der Waals surface area contributed by atoms with Gasteiger partial charge in [-0.1, -0.05) is 18.2 Å². The van der Waals surface area contributed by atoms with Crippen molar-refractivity contribution >= 4 is 30.1 Å². The van der Waals surface area contributed by atoms with E-state index in [1.165, 1.54) is 18.5 Å². The van der Waals surface area contributed by atoms with Crippen molar-refractivity contribution in [2.24, 2.45) is 11.7 Å². The molecule has 1 aliphatic heterocycles. The molecule has 0 bridgehead atoms. The first kappa shape index (κ1) is 24.4. The molecule has 11 heteroatoms. The van der Waals surface area contributed by atoms with E-state index < -0.39 is 11.8 Å². The molecule has 0 spiro atoms. The minimum atomic E-state index is -0.698. The minimum absolute atomic E-state index is 0. The van der Waals surface area contributed by atoms with Gasteiger partial charge in [-0.15, -0.1) is 12.4 Å². The number of likely N-dealkylation sites (tertiary alicyclic amines) is 1. The number of nitrogens with zero attached hydrogens (tertiary/aromatic N) is 3. The number of hydrogen-bond donors (Lipinski definition) is 2. The molecule has 9 nitrogen and oxygen atoms in total. The van der Waals surface area contributed by atoms with E-state index >= 15 is 0 Å². The van der Waals surface area contributed by atoms with Crippen molar-refractivity contribution in [3.05, 3.63) is 42.0 Å². The summed E-state index contributed by atoms with van der Waals surface area (Å²) in [5, 5.41) is 7.09. The summed E-state index contributed by atoms with van der Waals surface area (Å²) in [5.41, 5.74) is 6.05. The van der Waals surface area contributed by atoms with Crippen LogP contribution in [-0.2, 0) is 20.9 Å². The average Bonchev–Trinajstić information content (AvgIpc) is 3.51. The predicted molar refractivity (Wildman–Crippen MR) is 119 cm³/mol. The summed E-state index contributed by atoms with van der Waals surface area (Å²) in [4.78, 5) is 33.9. The molecular weight excluding hydrogens is 453 g/mol. The lowest BCUT2D eigenvalue weighted by molar-refractivity contribution is -0.143. The summed E-state index contributed by atoms with van der Waals surface area (Å²) in [5.74, 6) is -1.17. The number of amides is 1. The van der Waals surface area contributed by atoms with Crippen LogP contribution in [0.1, 0.15) is 31.2 Å². The van der Waals surface area contributed by atoms with Gasteiger partial charge in [0.2, 0.25) is 5.91 Å². The molecule has 4 rings (SSSR count). The minimum Gasteiger partial charge on any atom is -0.460 e. The van der Waals surface area contributed by atoms with E-state index in [0.29, 0.717) is 18.7 Å². The predicted octanol–water partition coefficient (Wildman–Crippen LogP) is 2.46. The van der Waals surface area contributed by atoms with Gasteiger partial charge in [-0.3, -0.25) is 15.0 Å². The zero-order valence-corrected chi connectivity index (χ0v) is 18.6. The number of carbonyl (C=O) groups is 2. The largest absolute Gasteiger partial charge is 0.460 e. The van der Waals surface area contributed by atoms with E-state index in [9.17, 15) is 14.0 Å². The first-order valence-electron chi connectivity index (χ1n) is 10.4. The van der Waals surface area contributed by atoms with E-state index in [2.05, 4.69) is 9.97 Å². The maximum Gasteiger partial charge on any atom is 0.316 e. The molecule has 1 atom stereocenters. The summed E-state index contributed by atoms with van der Waals surface area (Å²) in [6.45, 7) is 0.929. The molecule has 1 amide bonds. The quantitative estimate of drug-likeness (QED) is 0.339. The Morgan fingerprint density at radius 3 is 2.61 bits per heavy atom. The van der Waals surface area contributed by atoms with Crippen LogP contribution in [0, 0.1) is 17.1 Å². The molecule has 2 aromatic rings. The fraction of sp³-hybridized carbons (Fsp3) is 0.409. The highest BCUT2D eigenvalue weighted by Crippen LogP contribution is 2.32. The van der Waals surface area contributed by atoms with Crippen molar-refractivity contribution in [2.45, 2.75) is 38.4 Å². The molecule has 1 unspecified atom stereocenters. The number of hydrogen-bond acceptors (Lipinski definition) is 7. The highest BCUT2D eigenvalue weighted by atomic mass is 35.5. The number of benzene rings is 1. The Kier molecular flexibility index (Phi) is 7.80. The van der Waals surface area contributed by atoms with E-state index in [1.54, 1.807) is 12.1 Å². The molecule has 1 aromatic heterocycles. The Hall–Kier alpha value is -3.27. The Balaban J connectivity index is 0.00000306. The number of carbonyl (C=O) groups excluding carboxylic acids is 2. The van der Waals surface area contributed by atoms with Crippen molar-refractivity contribution in [2.75, 3.05) is 13.1 Å². The molecule has 1 aliphatic carbocycles. The summed E-state index contributed by atoms with van der Waals surface area (Å²) < 4.78 is 25.7. The number of aromatic nitrogens is 2. The summed E-state index contributed by atoms with van der Waals surface area (Å²) >= 11 is 0. The van der Waals surface area contributed by atoms with Crippen molar-refractivity contribution in [3.63, 3.8) is 0 Å². The second kappa shape index (κ2) is 10.6. The Morgan fingerprint density at radius 2 is 1.94 bits per heavy atom. The van der Waals surface area contributed by atoms with E-state index in [0.717, 1.165) is 19.3 Å². The van der Waals surface area contributed by atoms with Crippen molar-refractivity contribution in [1.29, 1.82) is 5.41 Å². The average molecular weight is 478 g/mol. The summed E-state index contributed by atoms with van der Waals surface area (Å²) in [6, 6.07) is 4.90. The molecule has 3 N–H and O–H groups in total. The van der Waals surface area contributed by atoms with Crippen molar-refractivity contribution in [3.8, 4) is 17.1 Å². The van der Waals surface area contributed by atoms with Gasteiger partial charge >= 0.3 is 12.0 Å². The highest BCUT2D eigenvalue weighted by Gasteiger charge is 2.37. The van der Waals surface area contributed by atoms with Gasteiger partial charge in [0.05, 0.1) is 6.54 Å². The number of ether oxygens (including phenoxy) is 2. The lowest BCUT2D eigenvalue weighted by atomic mass is 10.1. The van der Waals surface area contributed by atoms with Gasteiger partial charge < -0.3 is 20.1 Å². The van der Waals surface area contributed by atoms with Gasteiger partial charge in [-0.05, 0) is 12.8 Å². The van der Waals surface area contributed by atoms with Gasteiger partial charge in [0, 0.05) is 48.0 Å². The molecule has 1 saturated heterocycles. The number of amidine groups is 1. The third-order valence-electron chi connectivity index (χ3n) is 5.40. The normalized spacial score (nSPS) is 17.2. The summed E-state index contributed by atoms with van der Waals surface area (Å²) in [7, 11) is 0. The maximum atomic E-state index is 14.9. The van der Waals surface area contributed by atoms with Crippen LogP contribution in [0.5, 0.6) is 6.01 Å². The number of halogens is 2.